The lowest BCUT2D eigenvalue weighted by Crippen LogP contribution is -2.41. The van der Waals surface area contributed by atoms with E-state index in [9.17, 15) is 0 Å². The summed E-state index contributed by atoms with van der Waals surface area (Å²) in [5, 5.41) is 0. The van der Waals surface area contributed by atoms with Crippen molar-refractivity contribution in [3.8, 4) is 0 Å². The minimum absolute atomic E-state index is 0.311. The van der Waals surface area contributed by atoms with Crippen LogP contribution in [0.5, 0.6) is 0 Å². The van der Waals surface area contributed by atoms with Crippen molar-refractivity contribution < 1.29 is 9.31 Å². The molecule has 0 aliphatic carbocycles. The molecule has 2 heterocycles. The van der Waals surface area contributed by atoms with Gasteiger partial charge in [-0.1, -0.05) is 6.07 Å². The lowest BCUT2D eigenvalue weighted by atomic mass is 9.79. The molecular formula is C15H21BN2O2. The van der Waals surface area contributed by atoms with Gasteiger partial charge in [-0.15, -0.1) is 0 Å². The molecule has 1 aliphatic heterocycles. The molecule has 0 unspecified atom stereocenters. The Morgan fingerprint density at radius 2 is 1.70 bits per heavy atom. The summed E-state index contributed by atoms with van der Waals surface area (Å²) in [6.45, 7) is 10.3. The SMILES string of the molecule is Cc1nc2ccc(B3OC(C)(C)C(C)(C)O3)cc2n1C. The second kappa shape index (κ2) is 4.09. The van der Waals surface area contributed by atoms with Gasteiger partial charge < -0.3 is 13.9 Å². The van der Waals surface area contributed by atoms with Crippen molar-refractivity contribution in [3.05, 3.63) is 24.0 Å². The van der Waals surface area contributed by atoms with E-state index in [-0.39, 0.29) is 18.3 Å². The minimum Gasteiger partial charge on any atom is -0.399 e. The third-order valence-corrected chi connectivity index (χ3v) is 4.65. The number of imidazole rings is 1. The van der Waals surface area contributed by atoms with E-state index in [2.05, 4.69) is 43.3 Å². The lowest BCUT2D eigenvalue weighted by molar-refractivity contribution is 0.00578. The van der Waals surface area contributed by atoms with Crippen LogP contribution >= 0.6 is 0 Å². The summed E-state index contributed by atoms with van der Waals surface area (Å²) < 4.78 is 14.3. The van der Waals surface area contributed by atoms with E-state index in [1.165, 1.54) is 0 Å². The molecule has 0 radical (unpaired) electrons. The lowest BCUT2D eigenvalue weighted by Gasteiger charge is -2.32. The average Bonchev–Trinajstić information content (AvgIpc) is 2.74. The highest BCUT2D eigenvalue weighted by atomic mass is 16.7. The van der Waals surface area contributed by atoms with Gasteiger partial charge in [0.25, 0.3) is 0 Å². The third-order valence-electron chi connectivity index (χ3n) is 4.65. The molecule has 0 saturated carbocycles. The molecule has 0 spiro atoms. The molecule has 0 N–H and O–H groups in total. The molecule has 2 aromatic rings. The van der Waals surface area contributed by atoms with Gasteiger partial charge >= 0.3 is 7.12 Å². The van der Waals surface area contributed by atoms with Gasteiger partial charge in [0.15, 0.2) is 0 Å². The Kier molecular flexibility index (Phi) is 2.79. The van der Waals surface area contributed by atoms with Crippen LogP contribution in [0.2, 0.25) is 0 Å². The number of hydrogen-bond acceptors (Lipinski definition) is 3. The highest BCUT2D eigenvalue weighted by Gasteiger charge is 2.51. The monoisotopic (exact) mass is 272 g/mol. The van der Waals surface area contributed by atoms with Crippen LogP contribution in [0.15, 0.2) is 18.2 Å². The predicted molar refractivity (Wildman–Crippen MR) is 81.2 cm³/mol. The van der Waals surface area contributed by atoms with Crippen molar-refractivity contribution in [1.29, 1.82) is 0 Å². The van der Waals surface area contributed by atoms with Crippen molar-refractivity contribution >= 4 is 23.6 Å². The number of nitrogens with zero attached hydrogens (tertiary/aromatic N) is 2. The second-order valence-corrected chi connectivity index (χ2v) is 6.55. The maximum Gasteiger partial charge on any atom is 0.494 e. The van der Waals surface area contributed by atoms with E-state index < -0.39 is 0 Å². The van der Waals surface area contributed by atoms with Gasteiger partial charge in [-0.05, 0) is 52.2 Å². The summed E-state index contributed by atoms with van der Waals surface area (Å²) in [5.74, 6) is 1.01. The van der Waals surface area contributed by atoms with E-state index in [1.807, 2.05) is 26.1 Å². The zero-order valence-electron chi connectivity index (χ0n) is 13.0. The topological polar surface area (TPSA) is 36.3 Å². The Morgan fingerprint density at radius 1 is 1.10 bits per heavy atom. The Morgan fingerprint density at radius 3 is 2.30 bits per heavy atom. The molecule has 0 atom stereocenters. The Balaban J connectivity index is 2.02. The summed E-state index contributed by atoms with van der Waals surface area (Å²) in [6, 6.07) is 6.18. The summed E-state index contributed by atoms with van der Waals surface area (Å²) in [7, 11) is 1.71. The minimum atomic E-state index is -0.320. The van der Waals surface area contributed by atoms with E-state index >= 15 is 0 Å². The van der Waals surface area contributed by atoms with Gasteiger partial charge in [0.2, 0.25) is 0 Å². The first-order chi connectivity index (χ1) is 9.21. The number of hydrogen-bond donors (Lipinski definition) is 0. The van der Waals surface area contributed by atoms with Crippen LogP contribution in [0.3, 0.4) is 0 Å². The van der Waals surface area contributed by atoms with Crippen LogP contribution in [-0.4, -0.2) is 27.9 Å². The molecule has 1 aromatic carbocycles. The molecular weight excluding hydrogens is 251 g/mol. The number of aromatic nitrogens is 2. The van der Waals surface area contributed by atoms with Gasteiger partial charge in [0.1, 0.15) is 5.82 Å². The van der Waals surface area contributed by atoms with Crippen LogP contribution in [0.1, 0.15) is 33.5 Å². The van der Waals surface area contributed by atoms with E-state index in [0.29, 0.717) is 0 Å². The Bertz CT molecular complexity index is 660. The molecule has 0 bridgehead atoms. The highest BCUT2D eigenvalue weighted by molar-refractivity contribution is 6.62. The molecule has 1 aliphatic rings. The smallest absolute Gasteiger partial charge is 0.399 e. The highest BCUT2D eigenvalue weighted by Crippen LogP contribution is 2.36. The Hall–Kier alpha value is -1.33. The summed E-state index contributed by atoms with van der Waals surface area (Å²) in [5.41, 5.74) is 2.53. The zero-order valence-corrected chi connectivity index (χ0v) is 13.0. The van der Waals surface area contributed by atoms with Gasteiger partial charge in [-0.3, -0.25) is 0 Å². The zero-order chi connectivity index (χ0) is 14.7. The fourth-order valence-corrected chi connectivity index (χ4v) is 2.45. The summed E-state index contributed by atoms with van der Waals surface area (Å²) in [4.78, 5) is 4.52. The van der Waals surface area contributed by atoms with Crippen LogP contribution in [0, 0.1) is 6.92 Å². The first-order valence-corrected chi connectivity index (χ1v) is 7.00. The van der Waals surface area contributed by atoms with Crippen LogP contribution in [0.4, 0.5) is 0 Å². The second-order valence-electron chi connectivity index (χ2n) is 6.55. The van der Waals surface area contributed by atoms with Crippen LogP contribution in [-0.2, 0) is 16.4 Å². The quantitative estimate of drug-likeness (QED) is 0.746. The van der Waals surface area contributed by atoms with Crippen molar-refractivity contribution in [2.75, 3.05) is 0 Å². The maximum atomic E-state index is 6.09. The van der Waals surface area contributed by atoms with E-state index in [4.69, 9.17) is 9.31 Å². The van der Waals surface area contributed by atoms with E-state index in [0.717, 1.165) is 22.3 Å². The fraction of sp³-hybridized carbons (Fsp3) is 0.533. The molecule has 1 saturated heterocycles. The summed E-state index contributed by atoms with van der Waals surface area (Å²) >= 11 is 0. The largest absolute Gasteiger partial charge is 0.494 e. The van der Waals surface area contributed by atoms with Crippen molar-refractivity contribution in [2.24, 2.45) is 7.05 Å². The number of benzene rings is 1. The summed E-state index contributed by atoms with van der Waals surface area (Å²) in [6.07, 6.45) is 0. The number of rotatable bonds is 1. The van der Waals surface area contributed by atoms with Gasteiger partial charge in [0.05, 0.1) is 22.2 Å². The Labute approximate surface area is 120 Å². The molecule has 1 aromatic heterocycles. The van der Waals surface area contributed by atoms with E-state index in [1.54, 1.807) is 0 Å². The molecule has 20 heavy (non-hydrogen) atoms. The number of aryl methyl sites for hydroxylation is 2. The molecule has 1 fully saturated rings. The first-order valence-electron chi connectivity index (χ1n) is 7.00. The molecule has 5 heteroatoms. The first kappa shape index (κ1) is 13.6. The maximum absolute atomic E-state index is 6.09. The fourth-order valence-electron chi connectivity index (χ4n) is 2.45. The van der Waals surface area contributed by atoms with Gasteiger partial charge in [-0.25, -0.2) is 4.98 Å². The average molecular weight is 272 g/mol. The van der Waals surface area contributed by atoms with Crippen molar-refractivity contribution in [2.45, 2.75) is 45.8 Å². The normalized spacial score (nSPS) is 20.8. The van der Waals surface area contributed by atoms with Crippen LogP contribution < -0.4 is 5.46 Å². The molecule has 3 rings (SSSR count). The van der Waals surface area contributed by atoms with Crippen molar-refractivity contribution in [3.63, 3.8) is 0 Å². The predicted octanol–water partition coefficient (Wildman–Crippen LogP) is 2.18. The van der Waals surface area contributed by atoms with Crippen LogP contribution in [0.25, 0.3) is 11.0 Å². The van der Waals surface area contributed by atoms with Crippen molar-refractivity contribution in [1.82, 2.24) is 9.55 Å². The third kappa shape index (κ3) is 1.88. The molecule has 4 nitrogen and oxygen atoms in total. The standard InChI is InChI=1S/C15H21BN2O2/c1-10-17-12-8-7-11(9-13(12)18(10)6)16-19-14(2,3)15(4,5)20-16/h7-9H,1-6H3. The van der Waals surface area contributed by atoms with Gasteiger partial charge in [0, 0.05) is 7.05 Å². The molecule has 0 amide bonds. The number of fused-ring (bicyclic) bond motifs is 1. The molecule has 106 valence electrons. The van der Waals surface area contributed by atoms with Gasteiger partial charge in [-0.2, -0.15) is 0 Å².